The topological polar surface area (TPSA) is 81.4 Å². The Bertz CT molecular complexity index is 729. The van der Waals surface area contributed by atoms with Gasteiger partial charge in [0.25, 0.3) is 10.0 Å². The van der Waals surface area contributed by atoms with Gasteiger partial charge in [0.1, 0.15) is 9.96 Å². The normalized spacial score (nSPS) is 11.4. The van der Waals surface area contributed by atoms with Gasteiger partial charge in [0.2, 0.25) is 0 Å². The molecule has 114 valence electrons. The molecule has 0 radical (unpaired) electrons. The van der Waals surface area contributed by atoms with Gasteiger partial charge in [0, 0.05) is 15.4 Å². The quantitative estimate of drug-likeness (QED) is 0.794. The maximum Gasteiger partial charge on any atom is 0.271 e. The molecule has 1 aromatic heterocycles. The van der Waals surface area contributed by atoms with Crippen molar-refractivity contribution in [3.8, 4) is 5.75 Å². The Morgan fingerprint density at radius 3 is 2.76 bits per heavy atom. The highest BCUT2D eigenvalue weighted by Crippen LogP contribution is 2.28. The summed E-state index contributed by atoms with van der Waals surface area (Å²) in [5.74, 6) is 0.567. The molecule has 0 saturated heterocycles. The van der Waals surface area contributed by atoms with Crippen LogP contribution in [0.5, 0.6) is 5.75 Å². The Morgan fingerprint density at radius 2 is 2.10 bits per heavy atom. The first-order valence-electron chi connectivity index (χ1n) is 6.11. The van der Waals surface area contributed by atoms with E-state index < -0.39 is 10.0 Å². The minimum absolute atomic E-state index is 0.268. The number of nitrogens with one attached hydrogen (secondary N) is 1. The van der Waals surface area contributed by atoms with Crippen molar-refractivity contribution in [2.75, 3.05) is 18.4 Å². The molecule has 1 heterocycles. The Hall–Kier alpha value is -1.09. The molecule has 0 amide bonds. The van der Waals surface area contributed by atoms with E-state index in [1.807, 2.05) is 0 Å². The van der Waals surface area contributed by atoms with Crippen molar-refractivity contribution in [3.05, 3.63) is 39.7 Å². The number of thiophene rings is 1. The Kier molecular flexibility index (Phi) is 5.26. The summed E-state index contributed by atoms with van der Waals surface area (Å²) in [5, 5.41) is 0. The first-order valence-corrected chi connectivity index (χ1v) is 9.20. The minimum atomic E-state index is -3.60. The number of methoxy groups -OCH3 is 1. The van der Waals surface area contributed by atoms with E-state index in [0.29, 0.717) is 24.4 Å². The van der Waals surface area contributed by atoms with Crippen LogP contribution in [0, 0.1) is 0 Å². The van der Waals surface area contributed by atoms with E-state index >= 15 is 0 Å². The predicted molar refractivity (Wildman–Crippen MR) is 88.6 cm³/mol. The second kappa shape index (κ2) is 6.78. The highest BCUT2D eigenvalue weighted by atomic mass is 79.9. The van der Waals surface area contributed by atoms with Gasteiger partial charge in [-0.2, -0.15) is 0 Å². The van der Waals surface area contributed by atoms with E-state index in [1.54, 1.807) is 30.3 Å². The average Bonchev–Trinajstić information content (AvgIpc) is 2.87. The molecule has 1 aromatic carbocycles. The molecule has 5 nitrogen and oxygen atoms in total. The fourth-order valence-corrected chi connectivity index (χ4v) is 4.61. The van der Waals surface area contributed by atoms with E-state index in [4.69, 9.17) is 10.5 Å². The third kappa shape index (κ3) is 4.19. The lowest BCUT2D eigenvalue weighted by atomic mass is 10.3. The second-order valence-electron chi connectivity index (χ2n) is 4.24. The number of hydrogen-bond acceptors (Lipinski definition) is 5. The van der Waals surface area contributed by atoms with Crippen LogP contribution in [0.4, 0.5) is 5.69 Å². The molecule has 3 N–H and O–H groups in total. The van der Waals surface area contributed by atoms with Gasteiger partial charge in [-0.3, -0.25) is 4.72 Å². The van der Waals surface area contributed by atoms with Crippen molar-refractivity contribution in [1.82, 2.24) is 0 Å². The van der Waals surface area contributed by atoms with Crippen LogP contribution in [-0.4, -0.2) is 22.1 Å². The number of anilines is 1. The van der Waals surface area contributed by atoms with Crippen molar-refractivity contribution in [3.63, 3.8) is 0 Å². The highest BCUT2D eigenvalue weighted by Gasteiger charge is 2.17. The second-order valence-corrected chi connectivity index (χ2v) is 8.24. The maximum atomic E-state index is 12.3. The molecule has 21 heavy (non-hydrogen) atoms. The molecule has 2 rings (SSSR count). The summed E-state index contributed by atoms with van der Waals surface area (Å²) in [7, 11) is -2.08. The first-order chi connectivity index (χ1) is 9.94. The number of ether oxygens (including phenoxy) is 1. The summed E-state index contributed by atoms with van der Waals surface area (Å²) in [6.45, 7) is 0.496. The van der Waals surface area contributed by atoms with Crippen LogP contribution in [0.15, 0.2) is 39.0 Å². The molecule has 0 aliphatic carbocycles. The molecule has 0 fully saturated rings. The summed E-state index contributed by atoms with van der Waals surface area (Å²) in [4.78, 5) is 0.949. The number of hydrogen-bond donors (Lipinski definition) is 2. The zero-order valence-corrected chi connectivity index (χ0v) is 14.5. The maximum absolute atomic E-state index is 12.3. The predicted octanol–water partition coefficient (Wildman–Crippen LogP) is 2.82. The van der Waals surface area contributed by atoms with Gasteiger partial charge in [0.15, 0.2) is 0 Å². The van der Waals surface area contributed by atoms with Crippen molar-refractivity contribution in [2.45, 2.75) is 10.6 Å². The van der Waals surface area contributed by atoms with Crippen LogP contribution < -0.4 is 15.2 Å². The van der Waals surface area contributed by atoms with E-state index in [2.05, 4.69) is 20.7 Å². The summed E-state index contributed by atoms with van der Waals surface area (Å²) in [5.41, 5.74) is 5.91. The van der Waals surface area contributed by atoms with Crippen molar-refractivity contribution < 1.29 is 13.2 Å². The minimum Gasteiger partial charge on any atom is -0.497 e. The standard InChI is InChI=1S/C13H15BrN2O3S2/c1-19-11-7-9(14)6-10(8-11)16-21(17,18)13-3-2-12(20-13)4-5-15/h2-3,6-8,16H,4-5,15H2,1H3. The van der Waals surface area contributed by atoms with Gasteiger partial charge >= 0.3 is 0 Å². The molecular formula is C13H15BrN2O3S2. The largest absolute Gasteiger partial charge is 0.497 e. The average molecular weight is 391 g/mol. The van der Waals surface area contributed by atoms with Gasteiger partial charge in [-0.25, -0.2) is 8.42 Å². The molecule has 0 atom stereocenters. The van der Waals surface area contributed by atoms with E-state index in [9.17, 15) is 8.42 Å². The van der Waals surface area contributed by atoms with Crippen molar-refractivity contribution in [2.24, 2.45) is 5.73 Å². The molecular weight excluding hydrogens is 376 g/mol. The number of rotatable bonds is 6. The van der Waals surface area contributed by atoms with Gasteiger partial charge in [-0.1, -0.05) is 15.9 Å². The lowest BCUT2D eigenvalue weighted by molar-refractivity contribution is 0.415. The first kappa shape index (κ1) is 16.3. The van der Waals surface area contributed by atoms with Gasteiger partial charge < -0.3 is 10.5 Å². The van der Waals surface area contributed by atoms with Crippen molar-refractivity contribution >= 4 is 43.0 Å². The lowest BCUT2D eigenvalue weighted by Crippen LogP contribution is -2.11. The zero-order valence-electron chi connectivity index (χ0n) is 11.3. The number of halogens is 1. The molecule has 8 heteroatoms. The van der Waals surface area contributed by atoms with Crippen LogP contribution in [0.25, 0.3) is 0 Å². The summed E-state index contributed by atoms with van der Waals surface area (Å²) in [6, 6.07) is 8.42. The third-order valence-electron chi connectivity index (χ3n) is 2.65. The molecule has 0 bridgehead atoms. The van der Waals surface area contributed by atoms with Crippen molar-refractivity contribution in [1.29, 1.82) is 0 Å². The van der Waals surface area contributed by atoms with Crippen LogP contribution >= 0.6 is 27.3 Å². The summed E-state index contributed by atoms with van der Waals surface area (Å²) < 4.78 is 33.3. The highest BCUT2D eigenvalue weighted by molar-refractivity contribution is 9.10. The Morgan fingerprint density at radius 1 is 1.33 bits per heavy atom. The van der Waals surface area contributed by atoms with E-state index in [0.717, 1.165) is 9.35 Å². The molecule has 0 aliphatic rings. The van der Waals surface area contributed by atoms with Crippen LogP contribution in [0.3, 0.4) is 0 Å². The van der Waals surface area contributed by atoms with Crippen LogP contribution in [0.1, 0.15) is 4.88 Å². The number of sulfonamides is 1. The van der Waals surface area contributed by atoms with Crippen LogP contribution in [0.2, 0.25) is 0 Å². The molecule has 2 aromatic rings. The van der Waals surface area contributed by atoms with Gasteiger partial charge in [-0.05, 0) is 37.2 Å². The van der Waals surface area contributed by atoms with E-state index in [1.165, 1.54) is 18.4 Å². The van der Waals surface area contributed by atoms with E-state index in [-0.39, 0.29) is 4.21 Å². The molecule has 0 aliphatic heterocycles. The van der Waals surface area contributed by atoms with Gasteiger partial charge in [-0.15, -0.1) is 11.3 Å². The SMILES string of the molecule is COc1cc(Br)cc(NS(=O)(=O)c2ccc(CCN)s2)c1. The number of benzene rings is 1. The molecule has 0 unspecified atom stereocenters. The molecule has 0 spiro atoms. The third-order valence-corrected chi connectivity index (χ3v) is 6.13. The smallest absolute Gasteiger partial charge is 0.271 e. The monoisotopic (exact) mass is 390 g/mol. The summed E-state index contributed by atoms with van der Waals surface area (Å²) >= 11 is 4.54. The Balaban J connectivity index is 2.26. The fraction of sp³-hybridized carbons (Fsp3) is 0.231. The summed E-state index contributed by atoms with van der Waals surface area (Å²) in [6.07, 6.45) is 0.672. The fourth-order valence-electron chi connectivity index (χ4n) is 1.72. The lowest BCUT2D eigenvalue weighted by Gasteiger charge is -2.08. The number of nitrogens with two attached hydrogens (primary N) is 1. The van der Waals surface area contributed by atoms with Crippen LogP contribution in [-0.2, 0) is 16.4 Å². The Labute approximate surface area is 136 Å². The zero-order chi connectivity index (χ0) is 15.5. The molecule has 0 saturated carbocycles. The van der Waals surface area contributed by atoms with Gasteiger partial charge in [0.05, 0.1) is 12.8 Å².